The summed E-state index contributed by atoms with van der Waals surface area (Å²) >= 11 is 3.56. The van der Waals surface area contributed by atoms with Gasteiger partial charge in [0.1, 0.15) is 0 Å². The summed E-state index contributed by atoms with van der Waals surface area (Å²) < 4.78 is 0. The molecule has 0 aromatic carbocycles. The fourth-order valence-corrected chi connectivity index (χ4v) is 3.95. The lowest BCUT2D eigenvalue weighted by molar-refractivity contribution is 0.556. The molecular formula is C21H34S2. The van der Waals surface area contributed by atoms with Crippen LogP contribution in [-0.4, -0.2) is 0 Å². The van der Waals surface area contributed by atoms with Crippen LogP contribution >= 0.6 is 22.7 Å². The second kappa shape index (κ2) is 15.0. The van der Waals surface area contributed by atoms with Crippen LogP contribution in [0.2, 0.25) is 0 Å². The molecule has 0 nitrogen and oxygen atoms in total. The third-order valence-electron chi connectivity index (χ3n) is 4.06. The zero-order valence-corrected chi connectivity index (χ0v) is 16.7. The normalized spacial score (nSPS) is 10.3. The van der Waals surface area contributed by atoms with Gasteiger partial charge in [0.15, 0.2) is 0 Å². The van der Waals surface area contributed by atoms with E-state index in [-0.39, 0.29) is 0 Å². The molecule has 0 N–H and O–H groups in total. The first-order valence-electron chi connectivity index (χ1n) is 9.32. The van der Waals surface area contributed by atoms with Gasteiger partial charge in [-0.05, 0) is 64.5 Å². The van der Waals surface area contributed by atoms with Crippen LogP contribution in [0.5, 0.6) is 0 Å². The Morgan fingerprint density at radius 1 is 0.696 bits per heavy atom. The number of hydrogen-bond acceptors (Lipinski definition) is 2. The lowest BCUT2D eigenvalue weighted by Crippen LogP contribution is -1.84. The highest BCUT2D eigenvalue weighted by atomic mass is 32.1. The number of unbranched alkanes of at least 4 members (excludes halogenated alkanes) is 9. The summed E-state index contributed by atoms with van der Waals surface area (Å²) in [7, 11) is 0. The summed E-state index contributed by atoms with van der Waals surface area (Å²) in [4.78, 5) is 0. The highest BCUT2D eigenvalue weighted by molar-refractivity contribution is 7.08. The van der Waals surface area contributed by atoms with E-state index >= 15 is 0 Å². The summed E-state index contributed by atoms with van der Waals surface area (Å²) in [6.45, 7) is 4.38. The summed E-state index contributed by atoms with van der Waals surface area (Å²) in [6.07, 6.45) is 15.6. The summed E-state index contributed by atoms with van der Waals surface area (Å²) in [5, 5.41) is 8.68. The molecule has 2 rings (SSSR count). The second-order valence-electron chi connectivity index (χ2n) is 6.36. The lowest BCUT2D eigenvalue weighted by atomic mass is 10.0. The molecule has 2 heteroatoms. The standard InChI is InChI=1S/C16H28S.C5H6S/c1-2-3-4-5-6-7-8-9-10-11-12-16-13-14-17-15-16;1-5-2-3-6-4-5/h13-15H,2-12H2,1H3;2-4H,1H3. The number of thiophene rings is 2. The predicted octanol–water partition coefficient (Wildman–Crippen LogP) is 8.27. The summed E-state index contributed by atoms with van der Waals surface area (Å²) in [6, 6.07) is 4.36. The van der Waals surface area contributed by atoms with Crippen molar-refractivity contribution in [2.24, 2.45) is 0 Å². The predicted molar refractivity (Wildman–Crippen MR) is 109 cm³/mol. The van der Waals surface area contributed by atoms with E-state index in [1.165, 1.54) is 81.8 Å². The fourth-order valence-electron chi connectivity index (χ4n) is 2.58. The monoisotopic (exact) mass is 350 g/mol. The van der Waals surface area contributed by atoms with Crippen LogP contribution in [-0.2, 0) is 6.42 Å². The van der Waals surface area contributed by atoms with Gasteiger partial charge in [0, 0.05) is 0 Å². The first kappa shape index (κ1) is 20.4. The van der Waals surface area contributed by atoms with E-state index in [1.807, 2.05) is 11.3 Å². The van der Waals surface area contributed by atoms with Crippen LogP contribution in [0.1, 0.15) is 82.3 Å². The Hall–Kier alpha value is -0.600. The van der Waals surface area contributed by atoms with Gasteiger partial charge in [-0.15, -0.1) is 0 Å². The summed E-state index contributed by atoms with van der Waals surface area (Å²) in [5.41, 5.74) is 2.90. The minimum atomic E-state index is 1.29. The highest BCUT2D eigenvalue weighted by Gasteiger charge is 1.94. The maximum absolute atomic E-state index is 2.29. The third kappa shape index (κ3) is 12.5. The molecule has 0 amide bonds. The van der Waals surface area contributed by atoms with E-state index < -0.39 is 0 Å². The molecule has 2 aromatic rings. The Morgan fingerprint density at radius 3 is 1.70 bits per heavy atom. The Labute approximate surface area is 152 Å². The molecule has 2 heterocycles. The van der Waals surface area contributed by atoms with Crippen molar-refractivity contribution in [2.75, 3.05) is 0 Å². The van der Waals surface area contributed by atoms with Crippen LogP contribution in [0.3, 0.4) is 0 Å². The van der Waals surface area contributed by atoms with E-state index in [0.29, 0.717) is 0 Å². The Morgan fingerprint density at radius 2 is 1.26 bits per heavy atom. The molecule has 0 bridgehead atoms. The van der Waals surface area contributed by atoms with Crippen LogP contribution in [0, 0.1) is 6.92 Å². The maximum atomic E-state index is 2.29. The zero-order chi connectivity index (χ0) is 16.6. The molecule has 0 saturated carbocycles. The average Bonchev–Trinajstić information content (AvgIpc) is 3.23. The molecule has 0 spiro atoms. The van der Waals surface area contributed by atoms with Crippen LogP contribution in [0.25, 0.3) is 0 Å². The second-order valence-corrected chi connectivity index (χ2v) is 7.92. The Bertz CT molecular complexity index is 428. The van der Waals surface area contributed by atoms with Gasteiger partial charge >= 0.3 is 0 Å². The Balaban J connectivity index is 0.000000366. The lowest BCUT2D eigenvalue weighted by Gasteiger charge is -2.01. The number of aryl methyl sites for hydroxylation is 2. The number of hydrogen-bond donors (Lipinski definition) is 0. The van der Waals surface area contributed by atoms with Gasteiger partial charge in [0.25, 0.3) is 0 Å². The van der Waals surface area contributed by atoms with Gasteiger partial charge < -0.3 is 0 Å². The topological polar surface area (TPSA) is 0 Å². The van der Waals surface area contributed by atoms with Crippen LogP contribution in [0.4, 0.5) is 0 Å². The minimum Gasteiger partial charge on any atom is -0.152 e. The van der Waals surface area contributed by atoms with Gasteiger partial charge in [-0.25, -0.2) is 0 Å². The van der Waals surface area contributed by atoms with Gasteiger partial charge in [-0.3, -0.25) is 0 Å². The van der Waals surface area contributed by atoms with Gasteiger partial charge in [-0.2, -0.15) is 22.7 Å². The minimum absolute atomic E-state index is 1.29. The molecule has 0 aliphatic rings. The third-order valence-corrected chi connectivity index (χ3v) is 5.60. The molecule has 0 aliphatic heterocycles. The molecule has 0 atom stereocenters. The molecule has 0 radical (unpaired) electrons. The first-order valence-corrected chi connectivity index (χ1v) is 11.2. The molecule has 130 valence electrons. The van der Waals surface area contributed by atoms with Crippen molar-refractivity contribution >= 4 is 22.7 Å². The summed E-state index contributed by atoms with van der Waals surface area (Å²) in [5.74, 6) is 0. The number of rotatable bonds is 11. The van der Waals surface area contributed by atoms with Crippen molar-refractivity contribution in [3.8, 4) is 0 Å². The van der Waals surface area contributed by atoms with Crippen molar-refractivity contribution in [3.63, 3.8) is 0 Å². The highest BCUT2D eigenvalue weighted by Crippen LogP contribution is 2.13. The maximum Gasteiger partial charge on any atom is -0.00613 e. The van der Waals surface area contributed by atoms with E-state index in [4.69, 9.17) is 0 Å². The van der Waals surface area contributed by atoms with E-state index in [2.05, 4.69) is 47.5 Å². The zero-order valence-electron chi connectivity index (χ0n) is 15.1. The average molecular weight is 351 g/mol. The molecule has 2 aromatic heterocycles. The largest absolute Gasteiger partial charge is 0.152 e. The van der Waals surface area contributed by atoms with Crippen LogP contribution in [0.15, 0.2) is 33.7 Å². The molecule has 0 aliphatic carbocycles. The molecule has 23 heavy (non-hydrogen) atoms. The smallest absolute Gasteiger partial charge is 0.00613 e. The van der Waals surface area contributed by atoms with Crippen molar-refractivity contribution in [3.05, 3.63) is 44.8 Å². The van der Waals surface area contributed by atoms with Crippen molar-refractivity contribution in [1.29, 1.82) is 0 Å². The Kier molecular flexibility index (Phi) is 13.3. The van der Waals surface area contributed by atoms with E-state index in [9.17, 15) is 0 Å². The quantitative estimate of drug-likeness (QED) is 0.358. The van der Waals surface area contributed by atoms with E-state index in [0.717, 1.165) is 0 Å². The van der Waals surface area contributed by atoms with E-state index in [1.54, 1.807) is 11.3 Å². The molecule has 0 unspecified atom stereocenters. The van der Waals surface area contributed by atoms with Gasteiger partial charge in [0.05, 0.1) is 0 Å². The van der Waals surface area contributed by atoms with Gasteiger partial charge in [0.2, 0.25) is 0 Å². The first-order chi connectivity index (χ1) is 11.3. The van der Waals surface area contributed by atoms with Gasteiger partial charge in [-0.1, -0.05) is 64.7 Å². The molecular weight excluding hydrogens is 316 g/mol. The van der Waals surface area contributed by atoms with Crippen LogP contribution < -0.4 is 0 Å². The molecule has 0 fully saturated rings. The van der Waals surface area contributed by atoms with Crippen molar-refractivity contribution in [1.82, 2.24) is 0 Å². The SMILES string of the molecule is CCCCCCCCCCCCc1ccsc1.Cc1ccsc1. The molecule has 0 saturated heterocycles. The van der Waals surface area contributed by atoms with Crippen molar-refractivity contribution in [2.45, 2.75) is 84.5 Å². The fraction of sp³-hybridized carbons (Fsp3) is 0.619. The van der Waals surface area contributed by atoms with Crippen molar-refractivity contribution < 1.29 is 0 Å².